The van der Waals surface area contributed by atoms with Crippen LogP contribution in [0.15, 0.2) is 24.3 Å². The normalized spacial score (nSPS) is 11.1. The lowest BCUT2D eigenvalue weighted by molar-refractivity contribution is 0.219. The Kier molecular flexibility index (Phi) is 4.97. The van der Waals surface area contributed by atoms with Gasteiger partial charge in [0.1, 0.15) is 5.75 Å². The summed E-state index contributed by atoms with van der Waals surface area (Å²) in [4.78, 5) is 2.26. The minimum Gasteiger partial charge on any atom is -0.508 e. The molecule has 0 aliphatic rings. The predicted octanol–water partition coefficient (Wildman–Crippen LogP) is 1.93. The van der Waals surface area contributed by atoms with Crippen molar-refractivity contribution in [1.82, 2.24) is 4.90 Å². The highest BCUT2D eigenvalue weighted by atomic mass is 16.3. The standard InChI is InChI=1S/C13H21N3O/c1-10(2)16(8-7-13(14)15)9-11-3-5-12(17)6-4-11/h3-6,10,17H,7-9H2,1-2H3,(H3,14,15). The van der Waals surface area contributed by atoms with Crippen LogP contribution < -0.4 is 5.73 Å². The molecule has 0 heterocycles. The first-order chi connectivity index (χ1) is 7.99. The molecule has 1 aromatic rings. The van der Waals surface area contributed by atoms with E-state index in [1.165, 1.54) is 0 Å². The lowest BCUT2D eigenvalue weighted by atomic mass is 10.1. The largest absolute Gasteiger partial charge is 0.508 e. The van der Waals surface area contributed by atoms with Gasteiger partial charge in [-0.1, -0.05) is 12.1 Å². The number of hydrogen-bond acceptors (Lipinski definition) is 3. The molecule has 4 heteroatoms. The molecule has 0 amide bonds. The molecule has 94 valence electrons. The highest BCUT2D eigenvalue weighted by Crippen LogP contribution is 2.13. The summed E-state index contributed by atoms with van der Waals surface area (Å²) in [5.74, 6) is 0.509. The fourth-order valence-corrected chi connectivity index (χ4v) is 1.62. The van der Waals surface area contributed by atoms with E-state index >= 15 is 0 Å². The van der Waals surface area contributed by atoms with E-state index in [2.05, 4.69) is 18.7 Å². The number of amidine groups is 1. The minimum absolute atomic E-state index is 0.223. The number of hydrogen-bond donors (Lipinski definition) is 3. The molecule has 0 atom stereocenters. The second-order valence-corrected chi connectivity index (χ2v) is 4.51. The Hall–Kier alpha value is -1.55. The summed E-state index contributed by atoms with van der Waals surface area (Å²) < 4.78 is 0. The van der Waals surface area contributed by atoms with Crippen molar-refractivity contribution in [1.29, 1.82) is 5.41 Å². The molecule has 0 aromatic heterocycles. The number of nitrogens with zero attached hydrogens (tertiary/aromatic N) is 1. The highest BCUT2D eigenvalue weighted by Gasteiger charge is 2.10. The molecule has 4 nitrogen and oxygen atoms in total. The van der Waals surface area contributed by atoms with Crippen molar-refractivity contribution in [3.63, 3.8) is 0 Å². The van der Waals surface area contributed by atoms with Crippen LogP contribution >= 0.6 is 0 Å². The van der Waals surface area contributed by atoms with Crippen molar-refractivity contribution in [3.8, 4) is 5.75 Å². The Bertz CT molecular complexity index is 359. The molecule has 17 heavy (non-hydrogen) atoms. The minimum atomic E-state index is 0.223. The lowest BCUT2D eigenvalue weighted by Gasteiger charge is -2.26. The van der Waals surface area contributed by atoms with Gasteiger partial charge >= 0.3 is 0 Å². The predicted molar refractivity (Wildman–Crippen MR) is 70.2 cm³/mol. The van der Waals surface area contributed by atoms with Crippen molar-refractivity contribution >= 4 is 5.84 Å². The van der Waals surface area contributed by atoms with Crippen LogP contribution in [0.25, 0.3) is 0 Å². The average Bonchev–Trinajstić information content (AvgIpc) is 2.26. The molecule has 1 aromatic carbocycles. The molecule has 0 saturated heterocycles. The summed E-state index contributed by atoms with van der Waals surface area (Å²) in [5.41, 5.74) is 6.53. The number of nitrogens with two attached hydrogens (primary N) is 1. The first kappa shape index (κ1) is 13.5. The van der Waals surface area contributed by atoms with Gasteiger partial charge in [0, 0.05) is 25.6 Å². The fraction of sp³-hybridized carbons (Fsp3) is 0.462. The van der Waals surface area contributed by atoms with Crippen molar-refractivity contribution < 1.29 is 5.11 Å². The second-order valence-electron chi connectivity index (χ2n) is 4.51. The molecule has 0 saturated carbocycles. The quantitative estimate of drug-likeness (QED) is 0.521. The molecule has 4 N–H and O–H groups in total. The van der Waals surface area contributed by atoms with E-state index in [0.29, 0.717) is 12.5 Å². The number of phenolic OH excluding ortho intramolecular Hbond substituents is 1. The van der Waals surface area contributed by atoms with Gasteiger partial charge in [-0.05, 0) is 31.5 Å². The molecule has 0 radical (unpaired) electrons. The fourth-order valence-electron chi connectivity index (χ4n) is 1.62. The van der Waals surface area contributed by atoms with Gasteiger partial charge in [-0.3, -0.25) is 10.3 Å². The van der Waals surface area contributed by atoms with Gasteiger partial charge < -0.3 is 10.8 Å². The summed E-state index contributed by atoms with van der Waals surface area (Å²) in [6.07, 6.45) is 0.594. The van der Waals surface area contributed by atoms with Gasteiger partial charge in [0.2, 0.25) is 0 Å². The third-order valence-electron chi connectivity index (χ3n) is 2.72. The van der Waals surface area contributed by atoms with Crippen molar-refractivity contribution in [3.05, 3.63) is 29.8 Å². The van der Waals surface area contributed by atoms with Crippen LogP contribution in [0.3, 0.4) is 0 Å². The van der Waals surface area contributed by atoms with E-state index in [4.69, 9.17) is 11.1 Å². The zero-order valence-electron chi connectivity index (χ0n) is 10.5. The van der Waals surface area contributed by atoms with E-state index in [9.17, 15) is 5.11 Å². The van der Waals surface area contributed by atoms with Crippen molar-refractivity contribution in [2.45, 2.75) is 32.9 Å². The average molecular weight is 235 g/mol. The van der Waals surface area contributed by atoms with Crippen molar-refractivity contribution in [2.24, 2.45) is 5.73 Å². The number of nitrogens with one attached hydrogen (secondary N) is 1. The van der Waals surface area contributed by atoms with Gasteiger partial charge in [0.05, 0.1) is 5.84 Å². The Labute approximate surface area is 103 Å². The van der Waals surface area contributed by atoms with E-state index in [-0.39, 0.29) is 11.6 Å². The molecule has 0 unspecified atom stereocenters. The van der Waals surface area contributed by atoms with Crippen LogP contribution in [0, 0.1) is 5.41 Å². The van der Waals surface area contributed by atoms with Gasteiger partial charge in [0.25, 0.3) is 0 Å². The molecular formula is C13H21N3O. The summed E-state index contributed by atoms with van der Waals surface area (Å²) >= 11 is 0. The maximum absolute atomic E-state index is 9.22. The monoisotopic (exact) mass is 235 g/mol. The van der Waals surface area contributed by atoms with Gasteiger partial charge in [0.15, 0.2) is 0 Å². The zero-order valence-corrected chi connectivity index (χ0v) is 10.5. The Morgan fingerprint density at radius 1 is 1.35 bits per heavy atom. The van der Waals surface area contributed by atoms with Crippen LogP contribution in [0.5, 0.6) is 5.75 Å². The molecule has 0 spiro atoms. The summed E-state index contributed by atoms with van der Waals surface area (Å²) in [5, 5.41) is 16.5. The van der Waals surface area contributed by atoms with Crippen LogP contribution in [-0.4, -0.2) is 28.4 Å². The molecule has 1 rings (SSSR count). The Balaban J connectivity index is 2.60. The maximum atomic E-state index is 9.22. The third-order valence-corrected chi connectivity index (χ3v) is 2.72. The van der Waals surface area contributed by atoms with E-state index in [0.717, 1.165) is 18.7 Å². The van der Waals surface area contributed by atoms with E-state index in [1.807, 2.05) is 12.1 Å². The topological polar surface area (TPSA) is 73.3 Å². The molecular weight excluding hydrogens is 214 g/mol. The van der Waals surface area contributed by atoms with Gasteiger partial charge in [-0.25, -0.2) is 0 Å². The van der Waals surface area contributed by atoms with Gasteiger partial charge in [-0.15, -0.1) is 0 Å². The van der Waals surface area contributed by atoms with Crippen LogP contribution in [-0.2, 0) is 6.54 Å². The number of aromatic hydroxyl groups is 1. The van der Waals surface area contributed by atoms with Crippen LogP contribution in [0.1, 0.15) is 25.8 Å². The van der Waals surface area contributed by atoms with Crippen LogP contribution in [0.4, 0.5) is 0 Å². The first-order valence-corrected chi connectivity index (χ1v) is 5.84. The number of phenols is 1. The van der Waals surface area contributed by atoms with E-state index < -0.39 is 0 Å². The van der Waals surface area contributed by atoms with E-state index in [1.54, 1.807) is 12.1 Å². The molecule has 0 aliphatic carbocycles. The smallest absolute Gasteiger partial charge is 0.115 e. The van der Waals surface area contributed by atoms with Crippen LogP contribution in [0.2, 0.25) is 0 Å². The second kappa shape index (κ2) is 6.25. The summed E-state index contributed by atoms with van der Waals surface area (Å²) in [6.45, 7) is 5.85. The Morgan fingerprint density at radius 3 is 2.41 bits per heavy atom. The maximum Gasteiger partial charge on any atom is 0.115 e. The van der Waals surface area contributed by atoms with Crippen molar-refractivity contribution in [2.75, 3.05) is 6.54 Å². The molecule has 0 aliphatic heterocycles. The lowest BCUT2D eigenvalue weighted by Crippen LogP contribution is -2.33. The highest BCUT2D eigenvalue weighted by molar-refractivity contribution is 5.76. The number of benzene rings is 1. The zero-order chi connectivity index (χ0) is 12.8. The Morgan fingerprint density at radius 2 is 1.94 bits per heavy atom. The molecule has 0 fully saturated rings. The number of rotatable bonds is 6. The SMILES string of the molecule is CC(C)N(CCC(=N)N)Cc1ccc(O)cc1. The summed E-state index contributed by atoms with van der Waals surface area (Å²) in [7, 11) is 0. The first-order valence-electron chi connectivity index (χ1n) is 5.84. The third kappa shape index (κ3) is 4.87. The molecule has 0 bridgehead atoms. The van der Waals surface area contributed by atoms with Gasteiger partial charge in [-0.2, -0.15) is 0 Å². The summed E-state index contributed by atoms with van der Waals surface area (Å²) in [6, 6.07) is 7.62.